The maximum absolute atomic E-state index is 6.07. The lowest BCUT2D eigenvalue weighted by atomic mass is 10.1. The third kappa shape index (κ3) is 4.08. The van der Waals surface area contributed by atoms with E-state index in [1.165, 1.54) is 0 Å². The van der Waals surface area contributed by atoms with Crippen molar-refractivity contribution in [1.29, 1.82) is 0 Å². The molecule has 0 fully saturated rings. The smallest absolute Gasteiger partial charge is 0.245 e. The Bertz CT molecular complexity index is 591. The molecule has 2 rings (SSSR count). The second kappa shape index (κ2) is 6.57. The average molecular weight is 338 g/mol. The predicted molar refractivity (Wildman–Crippen MR) is 78.5 cm³/mol. The van der Waals surface area contributed by atoms with E-state index in [9.17, 15) is 0 Å². The van der Waals surface area contributed by atoms with Crippen LogP contribution in [0.25, 0.3) is 0 Å². The highest BCUT2D eigenvalue weighted by Gasteiger charge is 2.06. The molecule has 0 saturated carbocycles. The van der Waals surface area contributed by atoms with Gasteiger partial charge in [0.25, 0.3) is 0 Å². The maximum atomic E-state index is 6.07. The van der Waals surface area contributed by atoms with Crippen LogP contribution in [0.1, 0.15) is 5.56 Å². The minimum Gasteiger partial charge on any atom is -0.367 e. The summed E-state index contributed by atoms with van der Waals surface area (Å²) < 4.78 is 0. The highest BCUT2D eigenvalue weighted by atomic mass is 35.5. The fourth-order valence-corrected chi connectivity index (χ4v) is 2.22. The summed E-state index contributed by atoms with van der Waals surface area (Å²) in [6, 6.07) is 5.37. The van der Waals surface area contributed by atoms with Crippen molar-refractivity contribution in [2.75, 3.05) is 11.9 Å². The van der Waals surface area contributed by atoms with Gasteiger partial charge in [-0.25, -0.2) is 0 Å². The zero-order chi connectivity index (χ0) is 13.8. The molecule has 2 aromatic rings. The number of hydrogen-bond donors (Lipinski definition) is 1. The Morgan fingerprint density at radius 2 is 1.84 bits per heavy atom. The van der Waals surface area contributed by atoms with E-state index in [2.05, 4.69) is 20.5 Å². The number of hydrogen-bond acceptors (Lipinski definition) is 4. The molecule has 0 unspecified atom stereocenters. The van der Waals surface area contributed by atoms with Gasteiger partial charge in [-0.15, -0.1) is 10.2 Å². The molecule has 0 aliphatic rings. The summed E-state index contributed by atoms with van der Waals surface area (Å²) in [6.45, 7) is 0.579. The molecule has 1 N–H and O–H groups in total. The summed E-state index contributed by atoms with van der Waals surface area (Å²) >= 11 is 23.4. The Morgan fingerprint density at radius 1 is 1.05 bits per heavy atom. The summed E-state index contributed by atoms with van der Waals surface area (Å²) in [6.07, 6.45) is 0.688. The number of rotatable bonds is 4. The summed E-state index contributed by atoms with van der Waals surface area (Å²) in [4.78, 5) is 3.94. The summed E-state index contributed by atoms with van der Waals surface area (Å²) in [5.41, 5.74) is 0.975. The minimum absolute atomic E-state index is 0.0384. The van der Waals surface area contributed by atoms with Crippen LogP contribution >= 0.6 is 46.4 Å². The lowest BCUT2D eigenvalue weighted by molar-refractivity contribution is 0.944. The molecule has 1 aromatic heterocycles. The van der Waals surface area contributed by atoms with Crippen molar-refractivity contribution >= 4 is 52.2 Å². The van der Waals surface area contributed by atoms with Crippen molar-refractivity contribution < 1.29 is 0 Å². The third-order valence-corrected chi connectivity index (χ3v) is 3.32. The number of nitrogens with one attached hydrogen (secondary N) is 1. The van der Waals surface area contributed by atoms with Crippen molar-refractivity contribution in [2.45, 2.75) is 6.42 Å². The van der Waals surface area contributed by atoms with Crippen LogP contribution in [0, 0.1) is 0 Å². The number of nitrogens with zero attached hydrogens (tertiary/aromatic N) is 3. The molecule has 0 bridgehead atoms. The molecule has 0 aliphatic carbocycles. The van der Waals surface area contributed by atoms with Gasteiger partial charge in [-0.1, -0.05) is 40.9 Å². The molecule has 1 aromatic carbocycles. The van der Waals surface area contributed by atoms with Gasteiger partial charge in [0.15, 0.2) is 11.0 Å². The number of aromatic nitrogens is 3. The molecule has 0 amide bonds. The molecular weight excluding hydrogens is 330 g/mol. The lowest BCUT2D eigenvalue weighted by Gasteiger charge is -2.08. The third-order valence-electron chi connectivity index (χ3n) is 2.32. The largest absolute Gasteiger partial charge is 0.367 e. The Morgan fingerprint density at radius 3 is 2.58 bits per heavy atom. The van der Waals surface area contributed by atoms with E-state index in [4.69, 9.17) is 46.4 Å². The zero-order valence-corrected chi connectivity index (χ0v) is 12.5. The van der Waals surface area contributed by atoms with Crippen LogP contribution in [0.15, 0.2) is 18.2 Å². The van der Waals surface area contributed by atoms with E-state index in [0.29, 0.717) is 28.8 Å². The topological polar surface area (TPSA) is 50.7 Å². The first kappa shape index (κ1) is 14.6. The van der Waals surface area contributed by atoms with E-state index >= 15 is 0 Å². The highest BCUT2D eigenvalue weighted by Crippen LogP contribution is 2.22. The molecule has 0 aliphatic heterocycles. The second-order valence-electron chi connectivity index (χ2n) is 3.63. The molecule has 1 heterocycles. The van der Waals surface area contributed by atoms with Crippen LogP contribution in [-0.2, 0) is 6.42 Å². The Kier molecular flexibility index (Phi) is 5.05. The van der Waals surface area contributed by atoms with Crippen LogP contribution < -0.4 is 5.32 Å². The van der Waals surface area contributed by atoms with E-state index in [0.717, 1.165) is 5.56 Å². The van der Waals surface area contributed by atoms with Gasteiger partial charge in [-0.05, 0) is 35.7 Å². The zero-order valence-electron chi connectivity index (χ0n) is 9.50. The van der Waals surface area contributed by atoms with E-state index in [1.807, 2.05) is 6.07 Å². The van der Waals surface area contributed by atoms with Crippen molar-refractivity contribution in [3.63, 3.8) is 0 Å². The van der Waals surface area contributed by atoms with Crippen LogP contribution in [0.3, 0.4) is 0 Å². The maximum Gasteiger partial charge on any atom is 0.245 e. The van der Waals surface area contributed by atoms with Gasteiger partial charge in [-0.2, -0.15) is 4.98 Å². The summed E-state index contributed by atoms with van der Waals surface area (Å²) in [5.74, 6) is 0.395. The van der Waals surface area contributed by atoms with Crippen LogP contribution in [-0.4, -0.2) is 21.7 Å². The van der Waals surface area contributed by atoms with Gasteiger partial charge in [0.1, 0.15) is 0 Å². The standard InChI is InChI=1S/C11H8Cl4N4/c12-7-2-1-6(8(13)5-7)3-4-16-10-9(14)18-19-11(15)17-10/h1-2,5H,3-4H2,(H,16,17,19). The monoisotopic (exact) mass is 336 g/mol. The first-order valence-electron chi connectivity index (χ1n) is 5.30. The van der Waals surface area contributed by atoms with Crippen molar-refractivity contribution in [2.24, 2.45) is 0 Å². The van der Waals surface area contributed by atoms with Gasteiger partial charge in [0, 0.05) is 16.6 Å². The minimum atomic E-state index is 0.0384. The van der Waals surface area contributed by atoms with Crippen molar-refractivity contribution in [3.05, 3.63) is 44.2 Å². The first-order valence-corrected chi connectivity index (χ1v) is 6.81. The van der Waals surface area contributed by atoms with E-state index in [-0.39, 0.29) is 10.4 Å². The predicted octanol–water partition coefficient (Wildman–Crippen LogP) is 4.14. The fourth-order valence-electron chi connectivity index (χ4n) is 1.45. The van der Waals surface area contributed by atoms with Gasteiger partial charge in [0.2, 0.25) is 5.28 Å². The Labute approximate surface area is 130 Å². The molecule has 4 nitrogen and oxygen atoms in total. The number of benzene rings is 1. The molecule has 8 heteroatoms. The summed E-state index contributed by atoms with van der Waals surface area (Å²) in [5, 5.41) is 11.6. The van der Waals surface area contributed by atoms with Gasteiger partial charge >= 0.3 is 0 Å². The number of anilines is 1. The van der Waals surface area contributed by atoms with E-state index < -0.39 is 0 Å². The quantitative estimate of drug-likeness (QED) is 0.910. The average Bonchev–Trinajstić information content (AvgIpc) is 2.36. The molecule has 100 valence electrons. The molecule has 0 saturated heterocycles. The second-order valence-corrected chi connectivity index (χ2v) is 5.17. The molecule has 0 atom stereocenters. The Balaban J connectivity index is 1.98. The highest BCUT2D eigenvalue weighted by molar-refractivity contribution is 6.35. The molecule has 0 spiro atoms. The normalized spacial score (nSPS) is 10.5. The lowest BCUT2D eigenvalue weighted by Crippen LogP contribution is -2.08. The SMILES string of the molecule is Clc1ccc(CCNc2nc(Cl)nnc2Cl)c(Cl)c1. The van der Waals surface area contributed by atoms with Crippen LogP contribution in [0.2, 0.25) is 20.5 Å². The molecular formula is C11H8Cl4N4. The Hall–Kier alpha value is -0.810. The fraction of sp³-hybridized carbons (Fsp3) is 0.182. The van der Waals surface area contributed by atoms with Crippen molar-refractivity contribution in [3.8, 4) is 0 Å². The van der Waals surface area contributed by atoms with Crippen LogP contribution in [0.5, 0.6) is 0 Å². The molecule has 0 radical (unpaired) electrons. The summed E-state index contributed by atoms with van der Waals surface area (Å²) in [7, 11) is 0. The first-order chi connectivity index (χ1) is 9.06. The van der Waals surface area contributed by atoms with Gasteiger partial charge < -0.3 is 5.32 Å². The van der Waals surface area contributed by atoms with Crippen LogP contribution in [0.4, 0.5) is 5.82 Å². The molecule has 19 heavy (non-hydrogen) atoms. The van der Waals surface area contributed by atoms with Crippen molar-refractivity contribution in [1.82, 2.24) is 15.2 Å². The van der Waals surface area contributed by atoms with E-state index in [1.54, 1.807) is 12.1 Å². The van der Waals surface area contributed by atoms with Gasteiger partial charge in [-0.3, -0.25) is 0 Å². The van der Waals surface area contributed by atoms with Gasteiger partial charge in [0.05, 0.1) is 0 Å². The number of halogens is 4.